The van der Waals surface area contributed by atoms with E-state index in [-0.39, 0.29) is 17.6 Å². The first kappa shape index (κ1) is 19.5. The number of amides is 1. The van der Waals surface area contributed by atoms with E-state index in [1.807, 2.05) is 18.0 Å². The van der Waals surface area contributed by atoms with Crippen LogP contribution in [0.5, 0.6) is 0 Å². The Balaban J connectivity index is 1.49. The molecule has 1 aromatic rings. The summed E-state index contributed by atoms with van der Waals surface area (Å²) in [6.07, 6.45) is 7.16. The fraction of sp³-hybridized carbons (Fsp3) is 0.667. The zero-order valence-electron chi connectivity index (χ0n) is 15.9. The first-order valence-electron chi connectivity index (χ1n) is 10.1. The summed E-state index contributed by atoms with van der Waals surface area (Å²) < 4.78 is 6.20. The topological polar surface area (TPSA) is 32.8 Å². The van der Waals surface area contributed by atoms with E-state index in [1.54, 1.807) is 12.1 Å². The highest BCUT2D eigenvalue weighted by Crippen LogP contribution is 2.45. The monoisotopic (exact) mass is 410 g/mol. The number of nitrogens with zero attached hydrogens (tertiary/aromatic N) is 2. The van der Waals surface area contributed by atoms with Crippen LogP contribution in [-0.2, 0) is 16.0 Å². The highest BCUT2D eigenvalue weighted by Gasteiger charge is 2.51. The van der Waals surface area contributed by atoms with Gasteiger partial charge in [0, 0.05) is 25.7 Å². The molecule has 0 bridgehead atoms. The second-order valence-corrected chi connectivity index (χ2v) is 9.17. The number of halogens is 2. The van der Waals surface area contributed by atoms with Gasteiger partial charge in [-0.05, 0) is 69.3 Å². The van der Waals surface area contributed by atoms with Crippen LogP contribution < -0.4 is 0 Å². The van der Waals surface area contributed by atoms with Gasteiger partial charge in [0.2, 0.25) is 5.91 Å². The Morgan fingerprint density at radius 2 is 2.00 bits per heavy atom. The molecular formula is C21H28Cl2N2O2. The maximum atomic E-state index is 13.0. The summed E-state index contributed by atoms with van der Waals surface area (Å²) in [5.41, 5.74) is 0.888. The Labute approximate surface area is 171 Å². The molecule has 3 atom stereocenters. The van der Waals surface area contributed by atoms with Crippen LogP contribution in [0.2, 0.25) is 10.0 Å². The van der Waals surface area contributed by atoms with Gasteiger partial charge in [-0.2, -0.15) is 0 Å². The average Bonchev–Trinajstić information content (AvgIpc) is 3.39. The van der Waals surface area contributed by atoms with Crippen molar-refractivity contribution in [2.24, 2.45) is 0 Å². The maximum absolute atomic E-state index is 13.0. The Hall–Kier alpha value is -0.810. The molecule has 148 valence electrons. The zero-order chi connectivity index (χ0) is 19.0. The molecule has 6 heteroatoms. The van der Waals surface area contributed by atoms with E-state index < -0.39 is 0 Å². The summed E-state index contributed by atoms with van der Waals surface area (Å²) in [6.45, 7) is 3.15. The normalized spacial score (nSPS) is 31.1. The van der Waals surface area contributed by atoms with Gasteiger partial charge in [0.1, 0.15) is 0 Å². The zero-order valence-corrected chi connectivity index (χ0v) is 17.4. The maximum Gasteiger partial charge on any atom is 0.227 e. The third-order valence-electron chi connectivity index (χ3n) is 6.63. The van der Waals surface area contributed by atoms with Crippen molar-refractivity contribution in [2.45, 2.75) is 62.6 Å². The van der Waals surface area contributed by atoms with Crippen molar-refractivity contribution in [3.05, 3.63) is 33.8 Å². The van der Waals surface area contributed by atoms with Crippen LogP contribution in [0.4, 0.5) is 0 Å². The van der Waals surface area contributed by atoms with E-state index in [4.69, 9.17) is 27.9 Å². The molecule has 4 nitrogen and oxygen atoms in total. The lowest BCUT2D eigenvalue weighted by Crippen LogP contribution is -2.49. The van der Waals surface area contributed by atoms with Crippen molar-refractivity contribution >= 4 is 29.1 Å². The quantitative estimate of drug-likeness (QED) is 0.746. The summed E-state index contributed by atoms with van der Waals surface area (Å²) in [7, 11) is 1.96. The summed E-state index contributed by atoms with van der Waals surface area (Å²) in [5.74, 6) is 0.137. The van der Waals surface area contributed by atoms with Gasteiger partial charge in [0.15, 0.2) is 0 Å². The lowest BCUT2D eigenvalue weighted by molar-refractivity contribution is -0.132. The molecule has 1 aromatic carbocycles. The summed E-state index contributed by atoms with van der Waals surface area (Å²) in [5, 5.41) is 1.02. The van der Waals surface area contributed by atoms with Crippen LogP contribution >= 0.6 is 23.2 Å². The Bertz CT molecular complexity index is 699. The van der Waals surface area contributed by atoms with E-state index in [9.17, 15) is 4.79 Å². The SMILES string of the molecule is CN(C(=O)Cc1ccc(Cl)c(Cl)c1)C1CC2(CCCO2)CC1N1CCCC1. The number of likely N-dealkylation sites (tertiary alicyclic amines) is 1. The highest BCUT2D eigenvalue weighted by atomic mass is 35.5. The van der Waals surface area contributed by atoms with Crippen LogP contribution in [0.3, 0.4) is 0 Å². The van der Waals surface area contributed by atoms with Gasteiger partial charge in [-0.15, -0.1) is 0 Å². The molecule has 0 aromatic heterocycles. The van der Waals surface area contributed by atoms with Crippen molar-refractivity contribution < 1.29 is 9.53 Å². The number of rotatable bonds is 4. The second kappa shape index (κ2) is 7.90. The van der Waals surface area contributed by atoms with E-state index >= 15 is 0 Å². The average molecular weight is 411 g/mol. The smallest absolute Gasteiger partial charge is 0.227 e. The van der Waals surface area contributed by atoms with Gasteiger partial charge < -0.3 is 9.64 Å². The predicted molar refractivity (Wildman–Crippen MR) is 108 cm³/mol. The molecule has 1 spiro atoms. The van der Waals surface area contributed by atoms with Gasteiger partial charge in [0.25, 0.3) is 0 Å². The Morgan fingerprint density at radius 1 is 1.22 bits per heavy atom. The molecule has 3 aliphatic rings. The minimum atomic E-state index is -0.0178. The van der Waals surface area contributed by atoms with E-state index in [0.29, 0.717) is 22.5 Å². The number of carbonyl (C=O) groups excluding carboxylic acids is 1. The lowest BCUT2D eigenvalue weighted by Gasteiger charge is -2.35. The van der Waals surface area contributed by atoms with Gasteiger partial charge >= 0.3 is 0 Å². The molecule has 0 N–H and O–H groups in total. The van der Waals surface area contributed by atoms with Crippen molar-refractivity contribution in [1.82, 2.24) is 9.80 Å². The predicted octanol–water partition coefficient (Wildman–Crippen LogP) is 4.17. The molecule has 1 amide bonds. The summed E-state index contributed by atoms with van der Waals surface area (Å²) in [4.78, 5) is 17.6. The molecule has 0 radical (unpaired) electrons. The molecule has 2 saturated heterocycles. The minimum absolute atomic E-state index is 0.0178. The molecular weight excluding hydrogens is 383 g/mol. The molecule has 1 saturated carbocycles. The fourth-order valence-corrected chi connectivity index (χ4v) is 5.49. The van der Waals surface area contributed by atoms with Crippen LogP contribution in [-0.4, -0.2) is 60.1 Å². The molecule has 3 unspecified atom stereocenters. The number of ether oxygens (including phenoxy) is 1. The van der Waals surface area contributed by atoms with Crippen LogP contribution in [0, 0.1) is 0 Å². The standard InChI is InChI=1S/C21H28Cl2N2O2/c1-24(20(26)12-15-5-6-16(22)17(23)11-15)18-13-21(7-4-10-27-21)14-19(18)25-8-2-3-9-25/h5-6,11,18-19H,2-4,7-10,12-14H2,1H3. The highest BCUT2D eigenvalue weighted by molar-refractivity contribution is 6.42. The third-order valence-corrected chi connectivity index (χ3v) is 7.37. The van der Waals surface area contributed by atoms with Crippen LogP contribution in [0.25, 0.3) is 0 Å². The summed E-state index contributed by atoms with van der Waals surface area (Å²) in [6, 6.07) is 6.07. The molecule has 2 heterocycles. The molecule has 2 aliphatic heterocycles. The van der Waals surface area contributed by atoms with Crippen molar-refractivity contribution in [3.8, 4) is 0 Å². The first-order chi connectivity index (χ1) is 13.0. The molecule has 27 heavy (non-hydrogen) atoms. The van der Waals surface area contributed by atoms with Crippen LogP contribution in [0.15, 0.2) is 18.2 Å². The minimum Gasteiger partial charge on any atom is -0.375 e. The van der Waals surface area contributed by atoms with Crippen molar-refractivity contribution in [3.63, 3.8) is 0 Å². The number of hydrogen-bond donors (Lipinski definition) is 0. The third kappa shape index (κ3) is 4.00. The van der Waals surface area contributed by atoms with Crippen molar-refractivity contribution in [1.29, 1.82) is 0 Å². The van der Waals surface area contributed by atoms with E-state index in [0.717, 1.165) is 50.9 Å². The van der Waals surface area contributed by atoms with Gasteiger partial charge in [-0.1, -0.05) is 29.3 Å². The summed E-state index contributed by atoms with van der Waals surface area (Å²) >= 11 is 12.1. The second-order valence-electron chi connectivity index (χ2n) is 8.35. The fourth-order valence-electron chi connectivity index (χ4n) is 5.17. The largest absolute Gasteiger partial charge is 0.375 e. The lowest BCUT2D eigenvalue weighted by atomic mass is 9.98. The number of benzene rings is 1. The molecule has 1 aliphatic carbocycles. The molecule has 4 rings (SSSR count). The van der Waals surface area contributed by atoms with Gasteiger partial charge in [-0.3, -0.25) is 9.69 Å². The number of hydrogen-bond acceptors (Lipinski definition) is 3. The van der Waals surface area contributed by atoms with Crippen LogP contribution in [0.1, 0.15) is 44.1 Å². The van der Waals surface area contributed by atoms with Gasteiger partial charge in [-0.25, -0.2) is 0 Å². The Kier molecular flexibility index (Phi) is 5.71. The first-order valence-corrected chi connectivity index (χ1v) is 10.8. The van der Waals surface area contributed by atoms with Crippen molar-refractivity contribution in [2.75, 3.05) is 26.7 Å². The Morgan fingerprint density at radius 3 is 2.67 bits per heavy atom. The van der Waals surface area contributed by atoms with E-state index in [1.165, 1.54) is 12.8 Å². The van der Waals surface area contributed by atoms with E-state index in [2.05, 4.69) is 4.90 Å². The number of carbonyl (C=O) groups is 1. The van der Waals surface area contributed by atoms with Gasteiger partial charge in [0.05, 0.1) is 22.1 Å². The number of likely N-dealkylation sites (N-methyl/N-ethyl adjacent to an activating group) is 1. The molecule has 3 fully saturated rings.